The normalized spacial score (nSPS) is 48.0. The molecule has 2 heteroatoms. The van der Waals surface area contributed by atoms with Gasteiger partial charge in [-0.05, 0) is 26.8 Å². The molecule has 2 rings (SSSR count). The standard InChI is InChI=1S/C8H16N2/c1-8-4-3-7(9-8)5-10(2)6-8/h7,9H,3-6H2,1-2H3. The van der Waals surface area contributed by atoms with Crippen LogP contribution in [0.5, 0.6) is 0 Å². The molecule has 58 valence electrons. The monoisotopic (exact) mass is 140 g/mol. The lowest BCUT2D eigenvalue weighted by Gasteiger charge is -2.37. The Bertz CT molecular complexity index is 146. The largest absolute Gasteiger partial charge is 0.306 e. The van der Waals surface area contributed by atoms with E-state index in [2.05, 4.69) is 24.2 Å². The summed E-state index contributed by atoms with van der Waals surface area (Å²) in [6.45, 7) is 4.81. The maximum Gasteiger partial charge on any atom is 0.0283 e. The summed E-state index contributed by atoms with van der Waals surface area (Å²) in [4.78, 5) is 2.44. The quantitative estimate of drug-likeness (QED) is 0.525. The van der Waals surface area contributed by atoms with Crippen LogP contribution < -0.4 is 5.32 Å². The average molecular weight is 140 g/mol. The van der Waals surface area contributed by atoms with Crippen LogP contribution in [0, 0.1) is 0 Å². The highest BCUT2D eigenvalue weighted by atomic mass is 15.2. The number of fused-ring (bicyclic) bond motifs is 2. The smallest absolute Gasteiger partial charge is 0.0283 e. The number of likely N-dealkylation sites (N-methyl/N-ethyl adjacent to an activating group) is 1. The van der Waals surface area contributed by atoms with E-state index >= 15 is 0 Å². The number of likely N-dealkylation sites (tertiary alicyclic amines) is 1. The van der Waals surface area contributed by atoms with Crippen molar-refractivity contribution in [1.29, 1.82) is 0 Å². The predicted octanol–water partition coefficient (Wildman–Crippen LogP) is 0.442. The summed E-state index contributed by atoms with van der Waals surface area (Å²) < 4.78 is 0. The Labute approximate surface area is 62.6 Å². The van der Waals surface area contributed by atoms with Crippen LogP contribution in [-0.4, -0.2) is 36.6 Å². The van der Waals surface area contributed by atoms with Gasteiger partial charge in [-0.25, -0.2) is 0 Å². The number of rotatable bonds is 0. The molecule has 0 amide bonds. The highest BCUT2D eigenvalue weighted by Crippen LogP contribution is 2.27. The summed E-state index contributed by atoms with van der Waals surface area (Å²) in [5, 5.41) is 3.66. The number of nitrogens with one attached hydrogen (secondary N) is 1. The topological polar surface area (TPSA) is 15.3 Å². The number of piperazine rings is 1. The zero-order chi connectivity index (χ0) is 7.19. The van der Waals surface area contributed by atoms with Gasteiger partial charge in [0.2, 0.25) is 0 Å². The number of hydrogen-bond acceptors (Lipinski definition) is 2. The van der Waals surface area contributed by atoms with E-state index in [4.69, 9.17) is 0 Å². The third-order valence-electron chi connectivity index (χ3n) is 2.75. The van der Waals surface area contributed by atoms with E-state index in [1.165, 1.54) is 25.9 Å². The van der Waals surface area contributed by atoms with E-state index in [-0.39, 0.29) is 0 Å². The van der Waals surface area contributed by atoms with Gasteiger partial charge in [0, 0.05) is 24.7 Å². The fraction of sp³-hybridized carbons (Fsp3) is 1.00. The molecule has 2 aliphatic rings. The number of hydrogen-bond donors (Lipinski definition) is 1. The van der Waals surface area contributed by atoms with Gasteiger partial charge in [0.25, 0.3) is 0 Å². The minimum atomic E-state index is 0.442. The molecule has 2 fully saturated rings. The summed E-state index contributed by atoms with van der Waals surface area (Å²) in [6.07, 6.45) is 2.74. The van der Waals surface area contributed by atoms with Crippen molar-refractivity contribution in [3.63, 3.8) is 0 Å². The molecule has 2 unspecified atom stereocenters. The lowest BCUT2D eigenvalue weighted by atomic mass is 10.0. The Morgan fingerprint density at radius 2 is 2.40 bits per heavy atom. The predicted molar refractivity (Wildman–Crippen MR) is 42.1 cm³/mol. The van der Waals surface area contributed by atoms with Crippen molar-refractivity contribution in [2.24, 2.45) is 0 Å². The van der Waals surface area contributed by atoms with Crippen molar-refractivity contribution in [3.05, 3.63) is 0 Å². The van der Waals surface area contributed by atoms with Crippen molar-refractivity contribution < 1.29 is 0 Å². The molecule has 1 N–H and O–H groups in total. The molecular formula is C8H16N2. The van der Waals surface area contributed by atoms with Crippen LogP contribution in [0.1, 0.15) is 19.8 Å². The minimum absolute atomic E-state index is 0.442. The number of nitrogens with zero attached hydrogens (tertiary/aromatic N) is 1. The Hall–Kier alpha value is -0.0800. The molecule has 2 saturated heterocycles. The molecule has 10 heavy (non-hydrogen) atoms. The second kappa shape index (κ2) is 1.95. The van der Waals surface area contributed by atoms with Crippen LogP contribution in [0.15, 0.2) is 0 Å². The Morgan fingerprint density at radius 3 is 3.10 bits per heavy atom. The lowest BCUT2D eigenvalue weighted by Crippen LogP contribution is -2.56. The average Bonchev–Trinajstić information content (AvgIpc) is 2.06. The van der Waals surface area contributed by atoms with E-state index in [1.54, 1.807) is 0 Å². The van der Waals surface area contributed by atoms with Crippen molar-refractivity contribution in [3.8, 4) is 0 Å². The SMILES string of the molecule is CN1CC2CCC(C)(C1)N2. The first-order chi connectivity index (χ1) is 4.68. The van der Waals surface area contributed by atoms with E-state index in [1.807, 2.05) is 0 Å². The van der Waals surface area contributed by atoms with Crippen molar-refractivity contribution in [2.75, 3.05) is 20.1 Å². The Kier molecular flexibility index (Phi) is 1.29. The van der Waals surface area contributed by atoms with Gasteiger partial charge in [-0.2, -0.15) is 0 Å². The molecule has 2 bridgehead atoms. The van der Waals surface area contributed by atoms with Crippen molar-refractivity contribution >= 4 is 0 Å². The van der Waals surface area contributed by atoms with Gasteiger partial charge >= 0.3 is 0 Å². The van der Waals surface area contributed by atoms with Crippen LogP contribution in [0.4, 0.5) is 0 Å². The van der Waals surface area contributed by atoms with Gasteiger partial charge in [0.15, 0.2) is 0 Å². The van der Waals surface area contributed by atoms with Crippen LogP contribution in [0.3, 0.4) is 0 Å². The summed E-state index contributed by atoms with van der Waals surface area (Å²) in [5.74, 6) is 0. The van der Waals surface area contributed by atoms with Crippen molar-refractivity contribution in [2.45, 2.75) is 31.3 Å². The Balaban J connectivity index is 2.13. The highest BCUT2D eigenvalue weighted by molar-refractivity contribution is 5.00. The molecule has 0 aromatic heterocycles. The first kappa shape index (κ1) is 6.62. The van der Waals surface area contributed by atoms with E-state index in [0.717, 1.165) is 6.04 Å². The highest BCUT2D eigenvalue weighted by Gasteiger charge is 2.39. The first-order valence-electron chi connectivity index (χ1n) is 4.14. The fourth-order valence-corrected chi connectivity index (χ4v) is 2.43. The molecule has 0 spiro atoms. The second-order valence-electron chi connectivity index (χ2n) is 4.14. The van der Waals surface area contributed by atoms with E-state index < -0.39 is 0 Å². The van der Waals surface area contributed by atoms with Gasteiger partial charge in [-0.3, -0.25) is 0 Å². The van der Waals surface area contributed by atoms with Crippen LogP contribution in [0.25, 0.3) is 0 Å². The van der Waals surface area contributed by atoms with Crippen LogP contribution in [-0.2, 0) is 0 Å². The van der Waals surface area contributed by atoms with Gasteiger partial charge in [-0.1, -0.05) is 0 Å². The minimum Gasteiger partial charge on any atom is -0.306 e. The molecular weight excluding hydrogens is 124 g/mol. The van der Waals surface area contributed by atoms with Crippen LogP contribution >= 0.6 is 0 Å². The molecule has 0 aliphatic carbocycles. The van der Waals surface area contributed by atoms with Gasteiger partial charge in [0.05, 0.1) is 0 Å². The molecule has 0 radical (unpaired) electrons. The Morgan fingerprint density at radius 1 is 1.60 bits per heavy atom. The van der Waals surface area contributed by atoms with Gasteiger partial charge in [0.1, 0.15) is 0 Å². The summed E-state index contributed by atoms with van der Waals surface area (Å²) in [6, 6.07) is 0.781. The first-order valence-corrected chi connectivity index (χ1v) is 4.14. The van der Waals surface area contributed by atoms with Gasteiger partial charge in [-0.15, -0.1) is 0 Å². The molecule has 2 atom stereocenters. The molecule has 2 heterocycles. The zero-order valence-electron chi connectivity index (χ0n) is 6.85. The maximum absolute atomic E-state index is 3.66. The summed E-state index contributed by atoms with van der Waals surface area (Å²) >= 11 is 0. The summed E-state index contributed by atoms with van der Waals surface area (Å²) in [5.41, 5.74) is 0.442. The molecule has 0 aromatic rings. The lowest BCUT2D eigenvalue weighted by molar-refractivity contribution is 0.179. The third kappa shape index (κ3) is 0.956. The maximum atomic E-state index is 3.66. The molecule has 0 aromatic carbocycles. The molecule has 2 nitrogen and oxygen atoms in total. The fourth-order valence-electron chi connectivity index (χ4n) is 2.43. The van der Waals surface area contributed by atoms with Gasteiger partial charge < -0.3 is 10.2 Å². The second-order valence-corrected chi connectivity index (χ2v) is 4.14. The molecule has 2 aliphatic heterocycles. The molecule has 0 saturated carbocycles. The summed E-state index contributed by atoms with van der Waals surface area (Å²) in [7, 11) is 2.22. The zero-order valence-corrected chi connectivity index (χ0v) is 6.85. The third-order valence-corrected chi connectivity index (χ3v) is 2.75. The van der Waals surface area contributed by atoms with E-state index in [0.29, 0.717) is 5.54 Å². The van der Waals surface area contributed by atoms with E-state index in [9.17, 15) is 0 Å². The van der Waals surface area contributed by atoms with Crippen molar-refractivity contribution in [1.82, 2.24) is 10.2 Å². The van der Waals surface area contributed by atoms with Crippen LogP contribution in [0.2, 0.25) is 0 Å².